The number of nitrogens with one attached hydrogen (secondary N) is 1. The summed E-state index contributed by atoms with van der Waals surface area (Å²) >= 11 is 0. The van der Waals surface area contributed by atoms with Crippen LogP contribution in [0.15, 0.2) is 47.4 Å². The first-order valence-corrected chi connectivity index (χ1v) is 9.18. The molecule has 28 heavy (non-hydrogen) atoms. The first-order valence-electron chi connectivity index (χ1n) is 7.70. The monoisotopic (exact) mass is 427 g/mol. The van der Waals surface area contributed by atoms with E-state index < -0.39 is 44.4 Å². The number of sulfonamides is 1. The molecule has 0 heterocycles. The summed E-state index contributed by atoms with van der Waals surface area (Å²) in [6, 6.07) is 5.42. The minimum atomic E-state index is -5.15. The van der Waals surface area contributed by atoms with Crippen molar-refractivity contribution in [2.45, 2.75) is 30.2 Å². The van der Waals surface area contributed by atoms with E-state index in [4.69, 9.17) is 4.74 Å². The molecule has 0 saturated heterocycles. The average Bonchev–Trinajstić information content (AvgIpc) is 2.59. The Hall–Kier alpha value is -2.27. The molecule has 2 aromatic carbocycles. The third-order valence-corrected chi connectivity index (χ3v) is 5.32. The highest BCUT2D eigenvalue weighted by atomic mass is 32.2. The molecule has 0 bridgehead atoms. The van der Waals surface area contributed by atoms with Crippen molar-refractivity contribution < 1.29 is 39.5 Å². The van der Waals surface area contributed by atoms with E-state index in [9.17, 15) is 34.8 Å². The summed E-state index contributed by atoms with van der Waals surface area (Å²) in [6.07, 6.45) is -10.3. The Balaban J connectivity index is 2.46. The van der Waals surface area contributed by atoms with Crippen LogP contribution < -0.4 is 9.46 Å². The molecular formula is C17H15F6NO3S. The smallest absolute Gasteiger partial charge is 0.416 e. The quantitative estimate of drug-likeness (QED) is 0.700. The van der Waals surface area contributed by atoms with Gasteiger partial charge in [0, 0.05) is 6.04 Å². The van der Waals surface area contributed by atoms with Gasteiger partial charge in [-0.05, 0) is 42.8 Å². The Morgan fingerprint density at radius 1 is 0.929 bits per heavy atom. The van der Waals surface area contributed by atoms with E-state index in [0.717, 1.165) is 0 Å². The molecule has 0 aliphatic heterocycles. The van der Waals surface area contributed by atoms with Gasteiger partial charge in [-0.1, -0.05) is 12.1 Å². The zero-order valence-electron chi connectivity index (χ0n) is 14.5. The number of rotatable bonds is 5. The molecule has 0 saturated carbocycles. The Bertz CT molecular complexity index is 922. The first kappa shape index (κ1) is 22.0. The molecule has 154 valence electrons. The second-order valence-electron chi connectivity index (χ2n) is 5.86. The van der Waals surface area contributed by atoms with Crippen LogP contribution in [0.2, 0.25) is 0 Å². The highest BCUT2D eigenvalue weighted by molar-refractivity contribution is 7.89. The highest BCUT2D eigenvalue weighted by Crippen LogP contribution is 2.37. The van der Waals surface area contributed by atoms with Crippen LogP contribution in [-0.4, -0.2) is 15.5 Å². The van der Waals surface area contributed by atoms with Crippen molar-refractivity contribution in [3.05, 3.63) is 59.2 Å². The Labute approximate surface area is 157 Å². The molecule has 2 rings (SSSR count). The summed E-state index contributed by atoms with van der Waals surface area (Å²) in [5.74, 6) is 0.405. The highest BCUT2D eigenvalue weighted by Gasteiger charge is 2.38. The van der Waals surface area contributed by atoms with Crippen molar-refractivity contribution in [2.75, 3.05) is 7.11 Å². The van der Waals surface area contributed by atoms with Crippen LogP contribution >= 0.6 is 0 Å². The Morgan fingerprint density at radius 3 is 1.93 bits per heavy atom. The van der Waals surface area contributed by atoms with E-state index in [-0.39, 0.29) is 18.2 Å². The van der Waals surface area contributed by atoms with E-state index in [2.05, 4.69) is 4.72 Å². The summed E-state index contributed by atoms with van der Waals surface area (Å²) < 4.78 is 110. The van der Waals surface area contributed by atoms with Gasteiger partial charge < -0.3 is 4.74 Å². The topological polar surface area (TPSA) is 55.4 Å². The van der Waals surface area contributed by atoms with Gasteiger partial charge in [0.15, 0.2) is 0 Å². The van der Waals surface area contributed by atoms with Gasteiger partial charge in [0.05, 0.1) is 23.1 Å². The normalized spacial score (nSPS) is 14.0. The summed E-state index contributed by atoms with van der Waals surface area (Å²) in [7, 11) is -3.30. The maximum absolute atomic E-state index is 12.9. The summed E-state index contributed by atoms with van der Waals surface area (Å²) in [6.45, 7) is 1.39. The van der Waals surface area contributed by atoms with E-state index in [1.54, 1.807) is 12.1 Å². The van der Waals surface area contributed by atoms with Crippen LogP contribution in [0.25, 0.3) is 0 Å². The number of hydrogen-bond acceptors (Lipinski definition) is 3. The Kier molecular flexibility index (Phi) is 6.00. The van der Waals surface area contributed by atoms with Gasteiger partial charge in [-0.15, -0.1) is 0 Å². The fourth-order valence-corrected chi connectivity index (χ4v) is 3.66. The van der Waals surface area contributed by atoms with Gasteiger partial charge in [-0.3, -0.25) is 0 Å². The number of methoxy groups -OCH3 is 1. The van der Waals surface area contributed by atoms with Crippen molar-refractivity contribution in [1.29, 1.82) is 0 Å². The third kappa shape index (κ3) is 5.16. The molecule has 0 radical (unpaired) electrons. The summed E-state index contributed by atoms with van der Waals surface area (Å²) in [5.41, 5.74) is -3.01. The lowest BCUT2D eigenvalue weighted by atomic mass is 10.1. The number of hydrogen-bond donors (Lipinski definition) is 1. The van der Waals surface area contributed by atoms with E-state index in [0.29, 0.717) is 11.3 Å². The second-order valence-corrected chi connectivity index (χ2v) is 7.58. The fourth-order valence-electron chi connectivity index (χ4n) is 2.36. The summed E-state index contributed by atoms with van der Waals surface area (Å²) in [4.78, 5) is -1.13. The van der Waals surface area contributed by atoms with Gasteiger partial charge in [0.1, 0.15) is 5.75 Å². The standard InChI is InChI=1S/C17H15F6NO3S/c1-10(11-4-3-5-14(6-11)27-2)24-28(25,26)15-8-12(16(18,19)20)7-13(9-15)17(21,22)23/h3-10,24H,1-2H3. The van der Waals surface area contributed by atoms with Crippen LogP contribution in [0, 0.1) is 0 Å². The number of alkyl halides is 6. The lowest BCUT2D eigenvalue weighted by Crippen LogP contribution is -2.27. The zero-order valence-corrected chi connectivity index (χ0v) is 15.3. The summed E-state index contributed by atoms with van der Waals surface area (Å²) in [5, 5.41) is 0. The first-order chi connectivity index (χ1) is 12.7. The minimum absolute atomic E-state index is 0.134. The van der Waals surface area contributed by atoms with Crippen molar-refractivity contribution in [1.82, 2.24) is 4.72 Å². The van der Waals surface area contributed by atoms with Crippen LogP contribution in [0.1, 0.15) is 29.7 Å². The van der Waals surface area contributed by atoms with E-state index >= 15 is 0 Å². The van der Waals surface area contributed by atoms with Crippen molar-refractivity contribution in [3.63, 3.8) is 0 Å². The molecule has 1 unspecified atom stereocenters. The van der Waals surface area contributed by atoms with Gasteiger partial charge >= 0.3 is 12.4 Å². The van der Waals surface area contributed by atoms with E-state index in [1.165, 1.54) is 26.2 Å². The molecule has 0 amide bonds. The molecule has 0 aliphatic carbocycles. The molecule has 0 spiro atoms. The SMILES string of the molecule is COc1cccc(C(C)NS(=O)(=O)c2cc(C(F)(F)F)cc(C(F)(F)F)c2)c1. The van der Waals surface area contributed by atoms with Crippen LogP contribution in [-0.2, 0) is 22.4 Å². The molecule has 2 aromatic rings. The number of benzene rings is 2. The van der Waals surface area contributed by atoms with Gasteiger partial charge in [0.2, 0.25) is 10.0 Å². The van der Waals surface area contributed by atoms with E-state index in [1.807, 2.05) is 0 Å². The largest absolute Gasteiger partial charge is 0.497 e. The van der Waals surface area contributed by atoms with Gasteiger partial charge in [-0.25, -0.2) is 13.1 Å². The number of ether oxygens (including phenoxy) is 1. The second kappa shape index (κ2) is 7.63. The van der Waals surface area contributed by atoms with Crippen molar-refractivity contribution in [3.8, 4) is 5.75 Å². The predicted molar refractivity (Wildman–Crippen MR) is 88.2 cm³/mol. The fraction of sp³-hybridized carbons (Fsp3) is 0.294. The molecule has 0 fully saturated rings. The lowest BCUT2D eigenvalue weighted by Gasteiger charge is -2.18. The minimum Gasteiger partial charge on any atom is -0.497 e. The van der Waals surface area contributed by atoms with Crippen molar-refractivity contribution in [2.24, 2.45) is 0 Å². The zero-order chi connectivity index (χ0) is 21.3. The van der Waals surface area contributed by atoms with Crippen LogP contribution in [0.4, 0.5) is 26.3 Å². The molecule has 0 aliphatic rings. The molecule has 4 nitrogen and oxygen atoms in total. The molecule has 1 atom stereocenters. The molecule has 1 N–H and O–H groups in total. The van der Waals surface area contributed by atoms with Crippen LogP contribution in [0.5, 0.6) is 5.75 Å². The molecule has 0 aromatic heterocycles. The maximum atomic E-state index is 12.9. The average molecular weight is 427 g/mol. The van der Waals surface area contributed by atoms with Gasteiger partial charge in [-0.2, -0.15) is 26.3 Å². The third-order valence-electron chi connectivity index (χ3n) is 3.80. The predicted octanol–water partition coefficient (Wildman–Crippen LogP) is 4.77. The number of halogens is 6. The van der Waals surface area contributed by atoms with Crippen LogP contribution in [0.3, 0.4) is 0 Å². The molecule has 11 heteroatoms. The lowest BCUT2D eigenvalue weighted by molar-refractivity contribution is -0.143. The van der Waals surface area contributed by atoms with Gasteiger partial charge in [0.25, 0.3) is 0 Å². The van der Waals surface area contributed by atoms with Crippen molar-refractivity contribution >= 4 is 10.0 Å². The maximum Gasteiger partial charge on any atom is 0.416 e. The molecular weight excluding hydrogens is 412 g/mol. The Morgan fingerprint density at radius 2 is 1.46 bits per heavy atom.